The standard InChI is InChI=1S/C19H22F2N2O4S/c1-13-5-4-6-18(14(13)2)22-19(24)12-23(7-8-27-3)28(25,26)17-10-15(20)9-16(21)11-17/h4-6,9-11H,7-8,12H2,1-3H3,(H,22,24). The molecule has 0 atom stereocenters. The Balaban J connectivity index is 2.27. The van der Waals surface area contributed by atoms with Gasteiger partial charge in [0.15, 0.2) is 0 Å². The lowest BCUT2D eigenvalue weighted by molar-refractivity contribution is -0.116. The number of amides is 1. The van der Waals surface area contributed by atoms with Crippen LogP contribution in [-0.2, 0) is 19.6 Å². The van der Waals surface area contributed by atoms with E-state index in [0.29, 0.717) is 23.9 Å². The first-order valence-electron chi connectivity index (χ1n) is 8.46. The number of sulfonamides is 1. The smallest absolute Gasteiger partial charge is 0.243 e. The molecule has 0 heterocycles. The van der Waals surface area contributed by atoms with Crippen LogP contribution in [0.25, 0.3) is 0 Å². The van der Waals surface area contributed by atoms with E-state index in [1.807, 2.05) is 19.9 Å². The lowest BCUT2D eigenvalue weighted by atomic mass is 10.1. The van der Waals surface area contributed by atoms with Crippen LogP contribution in [0, 0.1) is 25.5 Å². The molecule has 152 valence electrons. The second-order valence-corrected chi connectivity index (χ2v) is 8.17. The molecule has 0 aliphatic carbocycles. The predicted molar refractivity (Wildman–Crippen MR) is 102 cm³/mol. The summed E-state index contributed by atoms with van der Waals surface area (Å²) in [5.74, 6) is -2.62. The van der Waals surface area contributed by atoms with Crippen LogP contribution in [0.2, 0.25) is 0 Å². The van der Waals surface area contributed by atoms with Crippen LogP contribution < -0.4 is 5.32 Å². The van der Waals surface area contributed by atoms with Crippen LogP contribution in [0.15, 0.2) is 41.3 Å². The fourth-order valence-electron chi connectivity index (χ4n) is 2.54. The van der Waals surface area contributed by atoms with Gasteiger partial charge in [-0.15, -0.1) is 0 Å². The van der Waals surface area contributed by atoms with Gasteiger partial charge in [-0.3, -0.25) is 4.79 Å². The Labute approximate surface area is 163 Å². The number of hydrogen-bond donors (Lipinski definition) is 1. The lowest BCUT2D eigenvalue weighted by Crippen LogP contribution is -2.40. The summed E-state index contributed by atoms with van der Waals surface area (Å²) in [6.07, 6.45) is 0. The number of aryl methyl sites for hydroxylation is 1. The van der Waals surface area contributed by atoms with Gasteiger partial charge in [-0.2, -0.15) is 4.31 Å². The number of anilines is 1. The van der Waals surface area contributed by atoms with Gasteiger partial charge in [0.1, 0.15) is 11.6 Å². The van der Waals surface area contributed by atoms with Crippen molar-refractivity contribution < 1.29 is 26.7 Å². The minimum absolute atomic E-state index is 0.00772. The highest BCUT2D eigenvalue weighted by atomic mass is 32.2. The van der Waals surface area contributed by atoms with Crippen molar-refractivity contribution in [3.8, 4) is 0 Å². The van der Waals surface area contributed by atoms with E-state index >= 15 is 0 Å². The van der Waals surface area contributed by atoms with Crippen LogP contribution in [0.1, 0.15) is 11.1 Å². The SMILES string of the molecule is COCCN(CC(=O)Nc1cccc(C)c1C)S(=O)(=O)c1cc(F)cc(F)c1. The third-order valence-corrected chi connectivity index (χ3v) is 6.04. The number of methoxy groups -OCH3 is 1. The molecule has 0 saturated heterocycles. The molecule has 0 aliphatic heterocycles. The number of carbonyl (C=O) groups excluding carboxylic acids is 1. The summed E-state index contributed by atoms with van der Waals surface area (Å²) in [7, 11) is -2.93. The maximum Gasteiger partial charge on any atom is 0.243 e. The van der Waals surface area contributed by atoms with Gasteiger partial charge in [0.25, 0.3) is 0 Å². The van der Waals surface area contributed by atoms with Gasteiger partial charge in [0, 0.05) is 25.4 Å². The Morgan fingerprint density at radius 1 is 1.14 bits per heavy atom. The zero-order chi connectivity index (χ0) is 20.9. The van der Waals surface area contributed by atoms with E-state index in [2.05, 4.69) is 5.32 Å². The predicted octanol–water partition coefficient (Wildman–Crippen LogP) is 2.86. The van der Waals surface area contributed by atoms with Crippen LogP contribution in [0.4, 0.5) is 14.5 Å². The number of rotatable bonds is 8. The van der Waals surface area contributed by atoms with E-state index in [4.69, 9.17) is 4.74 Å². The Morgan fingerprint density at radius 2 is 1.79 bits per heavy atom. The van der Waals surface area contributed by atoms with E-state index in [1.54, 1.807) is 12.1 Å². The van der Waals surface area contributed by atoms with E-state index < -0.39 is 39.0 Å². The molecule has 0 aliphatic rings. The van der Waals surface area contributed by atoms with Gasteiger partial charge in [-0.25, -0.2) is 17.2 Å². The number of carbonyl (C=O) groups is 1. The third-order valence-electron chi connectivity index (χ3n) is 4.22. The first kappa shape index (κ1) is 21.9. The molecule has 1 amide bonds. The molecule has 0 unspecified atom stereocenters. The van der Waals surface area contributed by atoms with Crippen LogP contribution in [0.3, 0.4) is 0 Å². The highest BCUT2D eigenvalue weighted by molar-refractivity contribution is 7.89. The number of nitrogens with one attached hydrogen (secondary N) is 1. The van der Waals surface area contributed by atoms with Crippen molar-refractivity contribution in [3.63, 3.8) is 0 Å². The van der Waals surface area contributed by atoms with Gasteiger partial charge in [0.2, 0.25) is 15.9 Å². The summed E-state index contributed by atoms with van der Waals surface area (Å²) >= 11 is 0. The average Bonchev–Trinajstić information content (AvgIpc) is 2.61. The molecule has 1 N–H and O–H groups in total. The Hall–Kier alpha value is -2.36. The molecule has 0 bridgehead atoms. The zero-order valence-corrected chi connectivity index (χ0v) is 16.6. The number of benzene rings is 2. The Kier molecular flexibility index (Phi) is 7.22. The number of ether oxygens (including phenoxy) is 1. The minimum Gasteiger partial charge on any atom is -0.383 e. The van der Waals surface area contributed by atoms with Gasteiger partial charge in [0.05, 0.1) is 18.0 Å². The summed E-state index contributed by atoms with van der Waals surface area (Å²) in [5.41, 5.74) is 2.39. The monoisotopic (exact) mass is 412 g/mol. The van der Waals surface area contributed by atoms with Gasteiger partial charge < -0.3 is 10.1 Å². The van der Waals surface area contributed by atoms with Crippen LogP contribution in [-0.4, -0.2) is 45.4 Å². The Morgan fingerprint density at radius 3 is 2.39 bits per heavy atom. The molecule has 2 aromatic rings. The molecular formula is C19H22F2N2O4S. The van der Waals surface area contributed by atoms with E-state index in [-0.39, 0.29) is 13.2 Å². The topological polar surface area (TPSA) is 75.7 Å². The first-order valence-corrected chi connectivity index (χ1v) is 9.90. The summed E-state index contributed by atoms with van der Waals surface area (Å²) in [5, 5.41) is 2.67. The van der Waals surface area contributed by atoms with Crippen molar-refractivity contribution in [1.29, 1.82) is 0 Å². The zero-order valence-electron chi connectivity index (χ0n) is 15.8. The molecule has 2 aromatic carbocycles. The first-order chi connectivity index (χ1) is 13.1. The molecule has 0 radical (unpaired) electrons. The maximum absolute atomic E-state index is 13.5. The van der Waals surface area contributed by atoms with Gasteiger partial charge in [-0.05, 0) is 43.2 Å². The molecule has 0 fully saturated rings. The van der Waals surface area contributed by atoms with Crippen molar-refractivity contribution in [1.82, 2.24) is 4.31 Å². The summed E-state index contributed by atoms with van der Waals surface area (Å²) in [6, 6.07) is 7.36. The fourth-order valence-corrected chi connectivity index (χ4v) is 3.96. The van der Waals surface area contributed by atoms with E-state index in [1.165, 1.54) is 7.11 Å². The highest BCUT2D eigenvalue weighted by Gasteiger charge is 2.27. The van der Waals surface area contributed by atoms with Crippen molar-refractivity contribution >= 4 is 21.6 Å². The van der Waals surface area contributed by atoms with Crippen LogP contribution >= 0.6 is 0 Å². The minimum atomic E-state index is -4.31. The van der Waals surface area contributed by atoms with Crippen LogP contribution in [0.5, 0.6) is 0 Å². The molecule has 9 heteroatoms. The van der Waals surface area contributed by atoms with Crippen molar-refractivity contribution in [3.05, 3.63) is 59.2 Å². The molecular weight excluding hydrogens is 390 g/mol. The summed E-state index contributed by atoms with van der Waals surface area (Å²) in [4.78, 5) is 11.9. The maximum atomic E-state index is 13.5. The Bertz CT molecular complexity index is 944. The lowest BCUT2D eigenvalue weighted by Gasteiger charge is -2.22. The summed E-state index contributed by atoms with van der Waals surface area (Å²) < 4.78 is 58.3. The number of halogens is 2. The molecule has 28 heavy (non-hydrogen) atoms. The molecule has 0 spiro atoms. The molecule has 0 saturated carbocycles. The van der Waals surface area contributed by atoms with Gasteiger partial charge in [-0.1, -0.05) is 12.1 Å². The molecule has 6 nitrogen and oxygen atoms in total. The quantitative estimate of drug-likeness (QED) is 0.724. The summed E-state index contributed by atoms with van der Waals surface area (Å²) in [6.45, 7) is 3.04. The highest BCUT2D eigenvalue weighted by Crippen LogP contribution is 2.20. The van der Waals surface area contributed by atoms with Crippen molar-refractivity contribution in [2.45, 2.75) is 18.7 Å². The van der Waals surface area contributed by atoms with E-state index in [0.717, 1.165) is 15.4 Å². The second-order valence-electron chi connectivity index (χ2n) is 6.23. The number of hydrogen-bond acceptors (Lipinski definition) is 4. The number of nitrogens with zero attached hydrogens (tertiary/aromatic N) is 1. The largest absolute Gasteiger partial charge is 0.383 e. The third kappa shape index (κ3) is 5.34. The molecule has 0 aromatic heterocycles. The second kappa shape index (κ2) is 9.22. The molecule has 2 rings (SSSR count). The van der Waals surface area contributed by atoms with Crippen molar-refractivity contribution in [2.75, 3.05) is 32.1 Å². The van der Waals surface area contributed by atoms with Gasteiger partial charge >= 0.3 is 0 Å². The fraction of sp³-hybridized carbons (Fsp3) is 0.316. The van der Waals surface area contributed by atoms with Crippen molar-refractivity contribution in [2.24, 2.45) is 0 Å². The van der Waals surface area contributed by atoms with E-state index in [9.17, 15) is 22.0 Å². The average molecular weight is 412 g/mol. The normalized spacial score (nSPS) is 11.6.